The van der Waals surface area contributed by atoms with E-state index in [9.17, 15) is 19.7 Å². The molecule has 10 nitrogen and oxygen atoms in total. The zero-order valence-electron chi connectivity index (χ0n) is 17.3. The predicted molar refractivity (Wildman–Crippen MR) is 107 cm³/mol. The number of hydrogen-bond acceptors (Lipinski definition) is 9. The van der Waals surface area contributed by atoms with Crippen LogP contribution in [0.3, 0.4) is 0 Å². The lowest BCUT2D eigenvalue weighted by molar-refractivity contribution is -0.384. The first-order valence-electron chi connectivity index (χ1n) is 9.59. The normalized spacial score (nSPS) is 24.2. The molecular weight excluding hydrogens is 398 g/mol. The molecule has 0 N–H and O–H groups in total. The molecule has 0 bridgehead atoms. The Hall–Kier alpha value is -2.73. The van der Waals surface area contributed by atoms with Crippen molar-refractivity contribution >= 4 is 35.9 Å². The van der Waals surface area contributed by atoms with E-state index in [4.69, 9.17) is 9.31 Å². The molecule has 0 amide bonds. The molecule has 0 radical (unpaired) electrons. The number of piperazine rings is 1. The summed E-state index contributed by atoms with van der Waals surface area (Å²) in [5.74, 6) is -2.32. The fourth-order valence-electron chi connectivity index (χ4n) is 3.71. The van der Waals surface area contributed by atoms with Crippen molar-refractivity contribution in [3.8, 4) is 0 Å². The first-order chi connectivity index (χ1) is 14.1. The van der Waals surface area contributed by atoms with Gasteiger partial charge in [0, 0.05) is 37.3 Å². The second-order valence-corrected chi connectivity index (χ2v) is 7.87. The van der Waals surface area contributed by atoms with Gasteiger partial charge in [0.05, 0.1) is 23.5 Å². The maximum Gasteiger partial charge on any atom is 0.639 e. The summed E-state index contributed by atoms with van der Waals surface area (Å²) in [6.45, 7) is 4.57. The number of likely N-dealkylation sites (N-methyl/N-ethyl adjacent to an activating group) is 2. The van der Waals surface area contributed by atoms with Crippen molar-refractivity contribution in [1.82, 2.24) is 9.80 Å². The third kappa shape index (κ3) is 4.54. The summed E-state index contributed by atoms with van der Waals surface area (Å²) >= 11 is 0. The molecule has 2 aliphatic rings. The molecule has 3 rings (SSSR count). The molecule has 2 atom stereocenters. The molecule has 2 aliphatic heterocycles. The molecule has 2 heterocycles. The average molecular weight is 422 g/mol. The van der Waals surface area contributed by atoms with E-state index in [1.807, 2.05) is 20.9 Å². The molecule has 0 aromatic heterocycles. The molecular formula is C18H24BFN4O6. The minimum absolute atomic E-state index is 0.112. The minimum atomic E-state index is -1.68. The fourth-order valence-corrected chi connectivity index (χ4v) is 3.71. The van der Waals surface area contributed by atoms with Gasteiger partial charge in [0.15, 0.2) is 0 Å². The molecule has 0 saturated carbocycles. The first-order valence-corrected chi connectivity index (χ1v) is 9.59. The number of hydrogen-bond donors (Lipinski definition) is 0. The van der Waals surface area contributed by atoms with Crippen molar-refractivity contribution in [1.29, 1.82) is 0 Å². The smallest absolute Gasteiger partial charge is 0.494 e. The molecule has 12 heteroatoms. The van der Waals surface area contributed by atoms with Crippen LogP contribution in [0, 0.1) is 15.9 Å². The van der Waals surface area contributed by atoms with E-state index in [1.165, 1.54) is 11.9 Å². The van der Waals surface area contributed by atoms with E-state index in [0.717, 1.165) is 12.1 Å². The summed E-state index contributed by atoms with van der Waals surface area (Å²) in [4.78, 5) is 40.4. The van der Waals surface area contributed by atoms with Crippen LogP contribution in [0.25, 0.3) is 0 Å². The predicted octanol–water partition coefficient (Wildman–Crippen LogP) is -0.0103. The van der Waals surface area contributed by atoms with E-state index in [-0.39, 0.29) is 42.0 Å². The monoisotopic (exact) mass is 422 g/mol. The van der Waals surface area contributed by atoms with Crippen LogP contribution in [0.1, 0.15) is 13.8 Å². The van der Waals surface area contributed by atoms with Crippen LogP contribution in [0.4, 0.5) is 15.8 Å². The second kappa shape index (κ2) is 8.56. The third-order valence-electron chi connectivity index (χ3n) is 5.52. The van der Waals surface area contributed by atoms with Gasteiger partial charge in [0.2, 0.25) is 0 Å². The van der Waals surface area contributed by atoms with Crippen LogP contribution in [0.5, 0.6) is 0 Å². The van der Waals surface area contributed by atoms with Gasteiger partial charge in [-0.05, 0) is 27.9 Å². The largest absolute Gasteiger partial charge is 0.639 e. The number of nitro groups is 1. The molecule has 162 valence electrons. The molecule has 1 aromatic rings. The van der Waals surface area contributed by atoms with Crippen LogP contribution in [-0.2, 0) is 18.9 Å². The van der Waals surface area contributed by atoms with Gasteiger partial charge in [-0.15, -0.1) is 0 Å². The zero-order valence-corrected chi connectivity index (χ0v) is 17.3. The summed E-state index contributed by atoms with van der Waals surface area (Å²) in [5, 5.41) is 11.8. The SMILES string of the molecule is C[C@@H]1CN(c2cc(F)c(B3OC(=O)CN(C)CC(=O)O3)cc2[N+](=O)[O-])C[C@H](C)N1C. The number of benzene rings is 1. The highest BCUT2D eigenvalue weighted by molar-refractivity contribution is 6.64. The molecule has 2 saturated heterocycles. The van der Waals surface area contributed by atoms with Gasteiger partial charge in [-0.3, -0.25) is 29.5 Å². The quantitative estimate of drug-likeness (QED) is 0.378. The van der Waals surface area contributed by atoms with Crippen LogP contribution >= 0.6 is 0 Å². The number of carbonyl (C=O) groups is 2. The van der Waals surface area contributed by atoms with Gasteiger partial charge in [-0.1, -0.05) is 0 Å². The number of nitro benzene ring substituents is 1. The second-order valence-electron chi connectivity index (χ2n) is 7.87. The molecule has 0 spiro atoms. The van der Waals surface area contributed by atoms with Crippen molar-refractivity contribution in [2.24, 2.45) is 0 Å². The van der Waals surface area contributed by atoms with E-state index in [2.05, 4.69) is 4.90 Å². The van der Waals surface area contributed by atoms with E-state index < -0.39 is 29.8 Å². The Labute approximate surface area is 173 Å². The summed E-state index contributed by atoms with van der Waals surface area (Å²) < 4.78 is 25.1. The summed E-state index contributed by atoms with van der Waals surface area (Å²) in [6, 6.07) is 2.25. The maximum absolute atomic E-state index is 15.0. The Morgan fingerprint density at radius 3 is 2.13 bits per heavy atom. The Bertz CT molecular complexity index is 839. The maximum atomic E-state index is 15.0. The molecule has 1 aromatic carbocycles. The van der Waals surface area contributed by atoms with Crippen molar-refractivity contribution in [3.63, 3.8) is 0 Å². The highest BCUT2D eigenvalue weighted by Crippen LogP contribution is 2.31. The number of nitrogens with zero attached hydrogens (tertiary/aromatic N) is 4. The summed E-state index contributed by atoms with van der Waals surface area (Å²) in [7, 11) is 1.82. The zero-order chi connectivity index (χ0) is 22.2. The van der Waals surface area contributed by atoms with E-state index >= 15 is 4.39 Å². The Morgan fingerprint density at radius 2 is 1.63 bits per heavy atom. The lowest BCUT2D eigenvalue weighted by Gasteiger charge is -2.43. The summed E-state index contributed by atoms with van der Waals surface area (Å²) in [5.41, 5.74) is -0.579. The van der Waals surface area contributed by atoms with Crippen molar-refractivity contribution < 1.29 is 28.2 Å². The van der Waals surface area contributed by atoms with Crippen molar-refractivity contribution in [3.05, 3.63) is 28.1 Å². The van der Waals surface area contributed by atoms with Gasteiger partial charge in [0.1, 0.15) is 11.5 Å². The number of halogens is 1. The Balaban J connectivity index is 1.98. The lowest BCUT2D eigenvalue weighted by Crippen LogP contribution is -2.55. The number of rotatable bonds is 3. The highest BCUT2D eigenvalue weighted by atomic mass is 19.1. The molecule has 0 unspecified atom stereocenters. The van der Waals surface area contributed by atoms with Crippen LogP contribution in [0.15, 0.2) is 12.1 Å². The molecule has 2 fully saturated rings. The van der Waals surface area contributed by atoms with E-state index in [1.54, 1.807) is 4.90 Å². The average Bonchev–Trinajstić information content (AvgIpc) is 2.63. The topological polar surface area (TPSA) is 105 Å². The van der Waals surface area contributed by atoms with Gasteiger partial charge in [-0.25, -0.2) is 4.39 Å². The van der Waals surface area contributed by atoms with Gasteiger partial charge in [0.25, 0.3) is 5.69 Å². The van der Waals surface area contributed by atoms with Crippen LogP contribution < -0.4 is 10.4 Å². The van der Waals surface area contributed by atoms with Crippen molar-refractivity contribution in [2.45, 2.75) is 25.9 Å². The Kier molecular flexibility index (Phi) is 6.27. The Morgan fingerprint density at radius 1 is 1.10 bits per heavy atom. The first kappa shape index (κ1) is 22.0. The van der Waals surface area contributed by atoms with E-state index in [0.29, 0.717) is 13.1 Å². The summed E-state index contributed by atoms with van der Waals surface area (Å²) in [6.07, 6.45) is 0. The standard InChI is InChI=1S/C18H24BFN4O6/c1-11-7-23(8-12(2)22(11)4)15-6-14(20)13(5-16(15)24(27)28)19-29-17(25)9-21(3)10-18(26)30-19/h5-6,11-12H,7-10H2,1-4H3/t11-,12+. The lowest BCUT2D eigenvalue weighted by atomic mass is 9.77. The van der Waals surface area contributed by atoms with Crippen LogP contribution in [-0.4, -0.2) is 86.1 Å². The third-order valence-corrected chi connectivity index (χ3v) is 5.52. The fraction of sp³-hybridized carbons (Fsp3) is 0.556. The van der Waals surface area contributed by atoms with Gasteiger partial charge in [-0.2, -0.15) is 0 Å². The van der Waals surface area contributed by atoms with Gasteiger partial charge >= 0.3 is 19.1 Å². The molecule has 0 aliphatic carbocycles. The number of carbonyl (C=O) groups excluding carboxylic acids is 2. The minimum Gasteiger partial charge on any atom is -0.494 e. The van der Waals surface area contributed by atoms with Crippen molar-refractivity contribution in [2.75, 3.05) is 45.2 Å². The van der Waals surface area contributed by atoms with Gasteiger partial charge < -0.3 is 14.2 Å². The molecule has 30 heavy (non-hydrogen) atoms. The number of anilines is 1. The highest BCUT2D eigenvalue weighted by Gasteiger charge is 2.39. The van der Waals surface area contributed by atoms with Crippen LogP contribution in [0.2, 0.25) is 0 Å².